The summed E-state index contributed by atoms with van der Waals surface area (Å²) >= 11 is 0. The SMILES string of the molecule is C=CCc1onc(C2CCN(CCc3c(C)nc4n(c3=O)CCCC4OC(C)=O)CC2)c1C.CC.CC.CC.CCCF. The predicted octanol–water partition coefficient (Wildman–Crippen LogP) is 7.84. The van der Waals surface area contributed by atoms with Gasteiger partial charge in [0.2, 0.25) is 0 Å². The molecule has 4 rings (SSSR count). The lowest BCUT2D eigenvalue weighted by Crippen LogP contribution is -2.38. The molecule has 0 saturated carbocycles. The topological polar surface area (TPSA) is 90.5 Å². The number of likely N-dealkylation sites (tertiary alicyclic amines) is 1. The minimum Gasteiger partial charge on any atom is -0.454 e. The smallest absolute Gasteiger partial charge is 0.303 e. The van der Waals surface area contributed by atoms with Crippen LogP contribution >= 0.6 is 0 Å². The van der Waals surface area contributed by atoms with Crippen LogP contribution in [0.2, 0.25) is 0 Å². The van der Waals surface area contributed by atoms with Gasteiger partial charge in [-0.05, 0) is 65.5 Å². The van der Waals surface area contributed by atoms with Gasteiger partial charge in [0.05, 0.1) is 12.4 Å². The molecule has 9 heteroatoms. The number of fused-ring (bicyclic) bond motifs is 1. The molecule has 246 valence electrons. The van der Waals surface area contributed by atoms with Gasteiger partial charge in [-0.15, -0.1) is 6.58 Å². The van der Waals surface area contributed by atoms with E-state index in [2.05, 4.69) is 23.6 Å². The van der Waals surface area contributed by atoms with Crippen molar-refractivity contribution in [2.75, 3.05) is 26.3 Å². The minimum atomic E-state index is -0.428. The monoisotopic (exact) mass is 606 g/mol. The van der Waals surface area contributed by atoms with E-state index in [0.717, 1.165) is 67.2 Å². The number of ether oxygens (including phenoxy) is 1. The zero-order valence-corrected chi connectivity index (χ0v) is 28.7. The lowest BCUT2D eigenvalue weighted by atomic mass is 9.90. The predicted molar refractivity (Wildman–Crippen MR) is 175 cm³/mol. The van der Waals surface area contributed by atoms with E-state index in [1.807, 2.05) is 54.5 Å². The van der Waals surface area contributed by atoms with Gasteiger partial charge >= 0.3 is 5.97 Å². The fourth-order valence-corrected chi connectivity index (χ4v) is 5.13. The van der Waals surface area contributed by atoms with Crippen LogP contribution in [0.15, 0.2) is 22.0 Å². The first-order valence-electron chi connectivity index (χ1n) is 16.4. The Bertz CT molecular complexity index is 1120. The van der Waals surface area contributed by atoms with Crippen LogP contribution in [0.1, 0.15) is 134 Å². The molecule has 0 spiro atoms. The molecule has 1 atom stereocenters. The molecule has 1 unspecified atom stereocenters. The number of aromatic nitrogens is 3. The lowest BCUT2D eigenvalue weighted by Gasteiger charge is -2.31. The molecule has 0 amide bonds. The average Bonchev–Trinajstić information content (AvgIpc) is 3.40. The fourth-order valence-electron chi connectivity index (χ4n) is 5.13. The van der Waals surface area contributed by atoms with Gasteiger partial charge in [0, 0.05) is 49.2 Å². The van der Waals surface area contributed by atoms with E-state index < -0.39 is 6.10 Å². The summed E-state index contributed by atoms with van der Waals surface area (Å²) < 4.78 is 23.4. The van der Waals surface area contributed by atoms with Crippen molar-refractivity contribution in [3.05, 3.63) is 57.1 Å². The quantitative estimate of drug-likeness (QED) is 0.223. The van der Waals surface area contributed by atoms with Crippen molar-refractivity contribution in [3.63, 3.8) is 0 Å². The van der Waals surface area contributed by atoms with Gasteiger partial charge in [0.25, 0.3) is 5.56 Å². The normalized spacial score (nSPS) is 15.9. The molecule has 43 heavy (non-hydrogen) atoms. The Morgan fingerprint density at radius 3 is 2.23 bits per heavy atom. The van der Waals surface area contributed by atoms with Crippen LogP contribution in [-0.2, 0) is 28.9 Å². The molecule has 4 heterocycles. The van der Waals surface area contributed by atoms with Crippen molar-refractivity contribution in [1.82, 2.24) is 19.6 Å². The highest BCUT2D eigenvalue weighted by Crippen LogP contribution is 2.31. The molecule has 2 aromatic rings. The lowest BCUT2D eigenvalue weighted by molar-refractivity contribution is -0.148. The van der Waals surface area contributed by atoms with E-state index >= 15 is 0 Å². The number of rotatable bonds is 8. The molecule has 0 aromatic carbocycles. The number of aryl methyl sites for hydroxylation is 1. The van der Waals surface area contributed by atoms with Crippen molar-refractivity contribution in [1.29, 1.82) is 0 Å². The molecule has 0 N–H and O–H groups in total. The van der Waals surface area contributed by atoms with Crippen LogP contribution in [-0.4, -0.2) is 51.9 Å². The van der Waals surface area contributed by atoms with Crippen LogP contribution in [0.5, 0.6) is 0 Å². The van der Waals surface area contributed by atoms with Gasteiger partial charge in [0.1, 0.15) is 5.76 Å². The number of halogens is 1. The molecule has 0 radical (unpaired) electrons. The first kappa shape index (κ1) is 40.2. The molecular weight excluding hydrogens is 547 g/mol. The number of hydrogen-bond acceptors (Lipinski definition) is 7. The standard InChI is InChI=1S/C25H34N4O4.C3H7F.3C2H6/c1-5-7-21-16(2)23(27-33-21)19-9-13-28(14-10-19)15-11-20-17(3)26-24-22(32-18(4)30)8-6-12-29(24)25(20)31;1-2-3-4;3*1-2/h5,19,22H,1,6-15H2,2-4H3;2-3H2,1H3;3*1-2H3. The van der Waals surface area contributed by atoms with Crippen LogP contribution in [0.3, 0.4) is 0 Å². The zero-order chi connectivity index (χ0) is 32.9. The van der Waals surface area contributed by atoms with Crippen LogP contribution in [0.4, 0.5) is 4.39 Å². The first-order chi connectivity index (χ1) is 20.8. The highest BCUT2D eigenvalue weighted by atomic mass is 19.1. The summed E-state index contributed by atoms with van der Waals surface area (Å²) in [4.78, 5) is 31.8. The second-order valence-electron chi connectivity index (χ2n) is 9.89. The van der Waals surface area contributed by atoms with Gasteiger partial charge in [-0.1, -0.05) is 59.7 Å². The number of nitrogens with zero attached hydrogens (tertiary/aromatic N) is 4. The van der Waals surface area contributed by atoms with E-state index in [4.69, 9.17) is 14.2 Å². The maximum absolute atomic E-state index is 13.2. The Hall–Kier alpha value is -2.81. The number of piperidine rings is 1. The van der Waals surface area contributed by atoms with Gasteiger partial charge in [-0.25, -0.2) is 4.98 Å². The summed E-state index contributed by atoms with van der Waals surface area (Å²) in [6, 6.07) is 0. The van der Waals surface area contributed by atoms with Gasteiger partial charge in [-0.2, -0.15) is 0 Å². The van der Waals surface area contributed by atoms with Gasteiger partial charge < -0.3 is 14.2 Å². The number of carbonyl (C=O) groups is 1. The van der Waals surface area contributed by atoms with Crippen molar-refractivity contribution in [2.24, 2.45) is 0 Å². The zero-order valence-electron chi connectivity index (χ0n) is 28.7. The van der Waals surface area contributed by atoms with E-state index in [9.17, 15) is 14.0 Å². The largest absolute Gasteiger partial charge is 0.454 e. The molecule has 0 aliphatic carbocycles. The van der Waals surface area contributed by atoms with E-state index in [1.54, 1.807) is 11.5 Å². The molecule has 0 bridgehead atoms. The van der Waals surface area contributed by atoms with Crippen LogP contribution < -0.4 is 5.56 Å². The molecule has 1 saturated heterocycles. The average molecular weight is 607 g/mol. The van der Waals surface area contributed by atoms with E-state index in [1.165, 1.54) is 6.92 Å². The van der Waals surface area contributed by atoms with Crippen LogP contribution in [0, 0.1) is 13.8 Å². The Morgan fingerprint density at radius 1 is 1.09 bits per heavy atom. The molecule has 2 aromatic heterocycles. The fraction of sp³-hybridized carbons (Fsp3) is 0.706. The van der Waals surface area contributed by atoms with Crippen molar-refractivity contribution in [2.45, 2.75) is 133 Å². The Balaban J connectivity index is 0.00000158. The molecule has 2 aliphatic heterocycles. The molecular formula is C34H59FN4O4. The first-order valence-corrected chi connectivity index (χ1v) is 16.4. The highest BCUT2D eigenvalue weighted by Gasteiger charge is 2.29. The third-order valence-electron chi connectivity index (χ3n) is 7.17. The van der Waals surface area contributed by atoms with Crippen molar-refractivity contribution >= 4 is 5.97 Å². The maximum Gasteiger partial charge on any atom is 0.303 e. The Labute approximate surface area is 260 Å². The number of carbonyl (C=O) groups excluding carboxylic acids is 1. The van der Waals surface area contributed by atoms with Gasteiger partial charge in [0.15, 0.2) is 11.9 Å². The Morgan fingerprint density at radius 2 is 1.70 bits per heavy atom. The van der Waals surface area contributed by atoms with Gasteiger partial charge in [-0.3, -0.25) is 18.5 Å². The van der Waals surface area contributed by atoms with Crippen LogP contribution in [0.25, 0.3) is 0 Å². The summed E-state index contributed by atoms with van der Waals surface area (Å²) in [5, 5.41) is 4.34. The van der Waals surface area contributed by atoms with E-state index in [0.29, 0.717) is 44.0 Å². The second kappa shape index (κ2) is 22.7. The number of hydrogen-bond donors (Lipinski definition) is 0. The molecule has 1 fully saturated rings. The molecule has 2 aliphatic rings. The summed E-state index contributed by atoms with van der Waals surface area (Å²) in [6.45, 7) is 26.2. The summed E-state index contributed by atoms with van der Waals surface area (Å²) in [5.41, 5.74) is 3.77. The Kier molecular flexibility index (Phi) is 21.2. The van der Waals surface area contributed by atoms with E-state index in [-0.39, 0.29) is 18.2 Å². The summed E-state index contributed by atoms with van der Waals surface area (Å²) in [6.07, 6.45) is 7.03. The maximum atomic E-state index is 13.2. The van der Waals surface area contributed by atoms with Crippen molar-refractivity contribution in [3.8, 4) is 0 Å². The summed E-state index contributed by atoms with van der Waals surface area (Å²) in [5.74, 6) is 1.57. The number of allylic oxidation sites excluding steroid dienone is 1. The molecule has 8 nitrogen and oxygen atoms in total. The summed E-state index contributed by atoms with van der Waals surface area (Å²) in [7, 11) is 0. The number of alkyl halides is 1. The third-order valence-corrected chi connectivity index (χ3v) is 7.17. The van der Waals surface area contributed by atoms with Crippen molar-refractivity contribution < 1.29 is 18.4 Å². The number of esters is 1. The second-order valence-corrected chi connectivity index (χ2v) is 9.89. The minimum absolute atomic E-state index is 0.0113. The highest BCUT2D eigenvalue weighted by molar-refractivity contribution is 5.66. The third kappa shape index (κ3) is 12.0.